The zero-order chi connectivity index (χ0) is 16.1. The minimum atomic E-state index is -0.178. The van der Waals surface area contributed by atoms with Crippen LogP contribution in [0.5, 0.6) is 0 Å². The van der Waals surface area contributed by atoms with Crippen molar-refractivity contribution in [2.45, 2.75) is 33.4 Å². The van der Waals surface area contributed by atoms with E-state index in [1.54, 1.807) is 37.4 Å². The van der Waals surface area contributed by atoms with Crippen LogP contribution in [-0.2, 0) is 6.54 Å². The summed E-state index contributed by atoms with van der Waals surface area (Å²) < 4.78 is 13.7. The quantitative estimate of drug-likeness (QED) is 0.410. The summed E-state index contributed by atoms with van der Waals surface area (Å²) in [6.45, 7) is 6.58. The Morgan fingerprint density at radius 3 is 2.57 bits per heavy atom. The van der Waals surface area contributed by atoms with Gasteiger partial charge in [0.05, 0.1) is 12.6 Å². The highest BCUT2D eigenvalue weighted by molar-refractivity contribution is 14.0. The van der Waals surface area contributed by atoms with Gasteiger partial charge in [-0.05, 0) is 50.1 Å². The summed E-state index contributed by atoms with van der Waals surface area (Å²) in [4.78, 5) is 6.77. The molecule has 3 nitrogen and oxygen atoms in total. The molecule has 1 aromatic heterocycles. The van der Waals surface area contributed by atoms with Crippen LogP contribution in [0.4, 0.5) is 4.39 Å². The van der Waals surface area contributed by atoms with E-state index in [0.717, 1.165) is 12.1 Å². The zero-order valence-corrected chi connectivity index (χ0v) is 17.0. The molecule has 1 unspecified atom stereocenters. The van der Waals surface area contributed by atoms with Gasteiger partial charge >= 0.3 is 0 Å². The van der Waals surface area contributed by atoms with E-state index < -0.39 is 0 Å². The van der Waals surface area contributed by atoms with Crippen molar-refractivity contribution in [1.29, 1.82) is 0 Å². The molecule has 2 rings (SSSR count). The van der Waals surface area contributed by atoms with E-state index in [9.17, 15) is 4.39 Å². The molecule has 1 aromatic carbocycles. The average molecular weight is 447 g/mol. The Morgan fingerprint density at radius 1 is 1.26 bits per heavy atom. The van der Waals surface area contributed by atoms with Crippen molar-refractivity contribution in [3.8, 4) is 0 Å². The minimum Gasteiger partial charge on any atom is -0.352 e. The van der Waals surface area contributed by atoms with Crippen LogP contribution in [0, 0.1) is 19.7 Å². The second-order valence-corrected chi connectivity index (χ2v) is 6.69. The van der Waals surface area contributed by atoms with Crippen molar-refractivity contribution in [2.75, 3.05) is 7.05 Å². The number of nitrogens with one attached hydrogen (secondary N) is 2. The third-order valence-corrected chi connectivity index (χ3v) is 4.50. The minimum absolute atomic E-state index is 0. The lowest BCUT2D eigenvalue weighted by molar-refractivity contribution is 0.607. The van der Waals surface area contributed by atoms with E-state index in [1.165, 1.54) is 9.75 Å². The number of hydrogen-bond acceptors (Lipinski definition) is 2. The highest BCUT2D eigenvalue weighted by atomic mass is 127. The van der Waals surface area contributed by atoms with E-state index in [1.807, 2.05) is 13.0 Å². The van der Waals surface area contributed by atoms with E-state index in [2.05, 4.69) is 34.7 Å². The van der Waals surface area contributed by atoms with Crippen LogP contribution in [0.25, 0.3) is 0 Å². The van der Waals surface area contributed by atoms with E-state index in [4.69, 9.17) is 0 Å². The molecule has 126 valence electrons. The molecule has 23 heavy (non-hydrogen) atoms. The molecule has 0 bridgehead atoms. The number of rotatable bonds is 4. The van der Waals surface area contributed by atoms with Gasteiger partial charge in [0.1, 0.15) is 5.82 Å². The van der Waals surface area contributed by atoms with Gasteiger partial charge in [0, 0.05) is 16.8 Å². The van der Waals surface area contributed by atoms with Crippen molar-refractivity contribution in [2.24, 2.45) is 4.99 Å². The maximum absolute atomic E-state index is 13.7. The van der Waals surface area contributed by atoms with Gasteiger partial charge in [-0.2, -0.15) is 0 Å². The molecule has 0 amide bonds. The molecule has 0 aliphatic rings. The number of halogens is 2. The number of guanidine groups is 1. The summed E-state index contributed by atoms with van der Waals surface area (Å²) in [6.07, 6.45) is 0. The van der Waals surface area contributed by atoms with E-state index >= 15 is 0 Å². The van der Waals surface area contributed by atoms with Crippen LogP contribution in [0.1, 0.15) is 33.8 Å². The summed E-state index contributed by atoms with van der Waals surface area (Å²) in [7, 11) is 1.73. The lowest BCUT2D eigenvalue weighted by Gasteiger charge is -2.18. The molecular weight excluding hydrogens is 424 g/mol. The number of nitrogens with zero attached hydrogens (tertiary/aromatic N) is 1. The fourth-order valence-corrected chi connectivity index (χ4v) is 2.94. The van der Waals surface area contributed by atoms with Gasteiger partial charge in [-0.15, -0.1) is 35.3 Å². The van der Waals surface area contributed by atoms with Crippen LogP contribution in [0.15, 0.2) is 35.3 Å². The average Bonchev–Trinajstić information content (AvgIpc) is 2.91. The van der Waals surface area contributed by atoms with E-state index in [-0.39, 0.29) is 35.8 Å². The van der Waals surface area contributed by atoms with Crippen LogP contribution in [-0.4, -0.2) is 13.0 Å². The maximum Gasteiger partial charge on any atom is 0.191 e. The summed E-state index contributed by atoms with van der Waals surface area (Å²) in [5.74, 6) is 0.530. The standard InChI is InChI=1S/C17H22FN3S.HI/c1-11-5-7-14(9-16(11)18)13(3)21-17(19-4)20-10-15-8-6-12(2)22-15;/h5-9,13H,10H2,1-4H3,(H2,19,20,21);1H. The van der Waals surface area contributed by atoms with Gasteiger partial charge in [-0.3, -0.25) is 4.99 Å². The molecule has 0 spiro atoms. The van der Waals surface area contributed by atoms with Crippen molar-refractivity contribution in [3.05, 3.63) is 57.0 Å². The van der Waals surface area contributed by atoms with Gasteiger partial charge < -0.3 is 10.6 Å². The lowest BCUT2D eigenvalue weighted by Crippen LogP contribution is -2.38. The third-order valence-electron chi connectivity index (χ3n) is 3.50. The molecule has 0 aliphatic carbocycles. The Balaban J connectivity index is 0.00000264. The van der Waals surface area contributed by atoms with Crippen molar-refractivity contribution >= 4 is 41.3 Å². The third kappa shape index (κ3) is 5.76. The second-order valence-electron chi connectivity index (χ2n) is 5.31. The molecular formula is C17H23FIN3S. The number of thiophene rings is 1. The first-order chi connectivity index (χ1) is 10.5. The summed E-state index contributed by atoms with van der Waals surface area (Å²) >= 11 is 1.76. The number of aryl methyl sites for hydroxylation is 2. The normalized spacial score (nSPS) is 12.5. The number of aliphatic imine (C=N–C) groups is 1. The molecule has 0 fully saturated rings. The lowest BCUT2D eigenvalue weighted by atomic mass is 10.1. The monoisotopic (exact) mass is 447 g/mol. The fourth-order valence-electron chi connectivity index (χ4n) is 2.11. The van der Waals surface area contributed by atoms with E-state index in [0.29, 0.717) is 11.5 Å². The predicted molar refractivity (Wildman–Crippen MR) is 107 cm³/mol. The van der Waals surface area contributed by atoms with Crippen LogP contribution < -0.4 is 10.6 Å². The first-order valence-electron chi connectivity index (χ1n) is 7.28. The first-order valence-corrected chi connectivity index (χ1v) is 8.10. The molecule has 0 radical (unpaired) electrons. The smallest absolute Gasteiger partial charge is 0.191 e. The second kappa shape index (κ2) is 9.22. The van der Waals surface area contributed by atoms with Crippen molar-refractivity contribution in [1.82, 2.24) is 10.6 Å². The topological polar surface area (TPSA) is 36.4 Å². The molecule has 2 aromatic rings. The Labute approximate surface area is 158 Å². The molecule has 0 saturated carbocycles. The maximum atomic E-state index is 13.7. The summed E-state index contributed by atoms with van der Waals surface area (Å²) in [6, 6.07) is 9.50. The molecule has 0 saturated heterocycles. The van der Waals surface area contributed by atoms with Crippen LogP contribution >= 0.6 is 35.3 Å². The zero-order valence-electron chi connectivity index (χ0n) is 13.8. The Hall–Kier alpha value is -1.15. The van der Waals surface area contributed by atoms with Gasteiger partial charge in [0.15, 0.2) is 5.96 Å². The van der Waals surface area contributed by atoms with Gasteiger partial charge in [-0.1, -0.05) is 12.1 Å². The summed E-state index contributed by atoms with van der Waals surface area (Å²) in [5, 5.41) is 6.56. The van der Waals surface area contributed by atoms with Crippen molar-refractivity contribution in [3.63, 3.8) is 0 Å². The Morgan fingerprint density at radius 2 is 2.00 bits per heavy atom. The van der Waals surface area contributed by atoms with Gasteiger partial charge in [0.25, 0.3) is 0 Å². The van der Waals surface area contributed by atoms with Crippen LogP contribution in [0.3, 0.4) is 0 Å². The molecule has 1 heterocycles. The van der Waals surface area contributed by atoms with Crippen LogP contribution in [0.2, 0.25) is 0 Å². The molecule has 6 heteroatoms. The summed E-state index contributed by atoms with van der Waals surface area (Å²) in [5.41, 5.74) is 1.56. The van der Waals surface area contributed by atoms with Gasteiger partial charge in [-0.25, -0.2) is 4.39 Å². The first kappa shape index (κ1) is 19.9. The number of benzene rings is 1. The molecule has 0 aliphatic heterocycles. The Kier molecular flexibility index (Phi) is 7.98. The largest absolute Gasteiger partial charge is 0.352 e. The molecule has 1 atom stereocenters. The van der Waals surface area contributed by atoms with Crippen molar-refractivity contribution < 1.29 is 4.39 Å². The highest BCUT2D eigenvalue weighted by Crippen LogP contribution is 2.17. The number of hydrogen-bond donors (Lipinski definition) is 2. The highest BCUT2D eigenvalue weighted by Gasteiger charge is 2.10. The predicted octanol–water partition coefficient (Wildman–Crippen LogP) is 4.55. The Bertz CT molecular complexity index is 670. The molecule has 2 N–H and O–H groups in total. The fraction of sp³-hybridized carbons (Fsp3) is 0.353. The van der Waals surface area contributed by atoms with Gasteiger partial charge in [0.2, 0.25) is 0 Å². The SMILES string of the molecule is CN=C(NCc1ccc(C)s1)NC(C)c1ccc(C)c(F)c1.I.